The summed E-state index contributed by atoms with van der Waals surface area (Å²) >= 11 is 0. The lowest BCUT2D eigenvalue weighted by molar-refractivity contribution is -0.124. The number of nitrogens with one attached hydrogen (secondary N) is 1. The van der Waals surface area contributed by atoms with E-state index in [1.807, 2.05) is 6.92 Å². The molecule has 2 fully saturated rings. The minimum atomic E-state index is -3.29. The van der Waals surface area contributed by atoms with Gasteiger partial charge in [-0.2, -0.15) is 4.31 Å². The molecule has 7 heteroatoms. The van der Waals surface area contributed by atoms with Gasteiger partial charge in [0, 0.05) is 19.6 Å². The monoisotopic (exact) mass is 331 g/mol. The van der Waals surface area contributed by atoms with Crippen LogP contribution in [0.1, 0.15) is 45.4 Å². The van der Waals surface area contributed by atoms with Gasteiger partial charge in [0.2, 0.25) is 15.9 Å². The van der Waals surface area contributed by atoms with Crippen molar-refractivity contribution in [2.75, 3.05) is 38.5 Å². The summed E-state index contributed by atoms with van der Waals surface area (Å²) in [6.45, 7) is 6.01. The second-order valence-electron chi connectivity index (χ2n) is 6.28. The Morgan fingerprint density at radius 3 is 2.55 bits per heavy atom. The molecule has 2 saturated heterocycles. The normalized spacial score (nSPS) is 24.5. The second-order valence-corrected chi connectivity index (χ2v) is 8.32. The molecule has 0 radical (unpaired) electrons. The standard InChI is InChI=1S/C15H29N3O3S/c1-2-13-22(20,21)18-11-6-7-14(18)15(19)16-8-12-17-9-4-3-5-10-17/h14H,2-13H2,1H3,(H,16,19). The van der Waals surface area contributed by atoms with Crippen molar-refractivity contribution in [3.8, 4) is 0 Å². The lowest BCUT2D eigenvalue weighted by Gasteiger charge is -2.27. The number of carbonyl (C=O) groups excluding carboxylic acids is 1. The van der Waals surface area contributed by atoms with Crippen LogP contribution in [0, 0.1) is 0 Å². The van der Waals surface area contributed by atoms with E-state index in [0.29, 0.717) is 25.9 Å². The first-order valence-corrected chi connectivity index (χ1v) is 10.1. The summed E-state index contributed by atoms with van der Waals surface area (Å²) in [5.41, 5.74) is 0. The maximum absolute atomic E-state index is 12.3. The summed E-state index contributed by atoms with van der Waals surface area (Å²) in [5, 5.41) is 2.93. The molecule has 0 spiro atoms. The van der Waals surface area contributed by atoms with Crippen LogP contribution in [0.3, 0.4) is 0 Å². The first-order valence-electron chi connectivity index (χ1n) is 8.54. The summed E-state index contributed by atoms with van der Waals surface area (Å²) < 4.78 is 25.8. The van der Waals surface area contributed by atoms with Gasteiger partial charge in [0.15, 0.2) is 0 Å². The van der Waals surface area contributed by atoms with Gasteiger partial charge in [-0.3, -0.25) is 4.79 Å². The van der Waals surface area contributed by atoms with Crippen LogP contribution in [0.5, 0.6) is 0 Å². The van der Waals surface area contributed by atoms with E-state index >= 15 is 0 Å². The van der Waals surface area contributed by atoms with Gasteiger partial charge in [-0.25, -0.2) is 8.42 Å². The fraction of sp³-hybridized carbons (Fsp3) is 0.933. The minimum Gasteiger partial charge on any atom is -0.353 e. The van der Waals surface area contributed by atoms with Crippen molar-refractivity contribution in [3.05, 3.63) is 0 Å². The van der Waals surface area contributed by atoms with Crippen molar-refractivity contribution in [1.29, 1.82) is 0 Å². The largest absolute Gasteiger partial charge is 0.353 e. The van der Waals surface area contributed by atoms with Gasteiger partial charge in [0.1, 0.15) is 6.04 Å². The summed E-state index contributed by atoms with van der Waals surface area (Å²) in [7, 11) is -3.29. The zero-order valence-corrected chi connectivity index (χ0v) is 14.4. The molecule has 0 aromatic rings. The predicted octanol–water partition coefficient (Wildman–Crippen LogP) is 0.793. The molecular formula is C15H29N3O3S. The molecule has 1 amide bonds. The molecule has 2 heterocycles. The molecule has 0 bridgehead atoms. The molecule has 1 N–H and O–H groups in total. The van der Waals surface area contributed by atoms with Gasteiger partial charge in [-0.1, -0.05) is 13.3 Å². The Hall–Kier alpha value is -0.660. The van der Waals surface area contributed by atoms with Crippen LogP contribution in [0.25, 0.3) is 0 Å². The average molecular weight is 331 g/mol. The van der Waals surface area contributed by atoms with Crippen molar-refractivity contribution >= 4 is 15.9 Å². The first-order chi connectivity index (χ1) is 10.5. The summed E-state index contributed by atoms with van der Waals surface area (Å²) in [4.78, 5) is 14.7. The van der Waals surface area contributed by atoms with Crippen LogP contribution in [-0.2, 0) is 14.8 Å². The van der Waals surface area contributed by atoms with Crippen molar-refractivity contribution in [2.45, 2.75) is 51.5 Å². The molecular weight excluding hydrogens is 302 g/mol. The number of carbonyl (C=O) groups is 1. The maximum Gasteiger partial charge on any atom is 0.238 e. The third-order valence-corrected chi connectivity index (χ3v) is 6.58. The predicted molar refractivity (Wildman–Crippen MR) is 87.1 cm³/mol. The third-order valence-electron chi connectivity index (χ3n) is 4.50. The van der Waals surface area contributed by atoms with E-state index in [2.05, 4.69) is 10.2 Å². The Kier molecular flexibility index (Phi) is 6.65. The summed E-state index contributed by atoms with van der Waals surface area (Å²) in [6, 6.07) is -0.502. The number of amides is 1. The molecule has 1 unspecified atom stereocenters. The zero-order valence-electron chi connectivity index (χ0n) is 13.6. The zero-order chi connectivity index (χ0) is 16.0. The van der Waals surface area contributed by atoms with Gasteiger partial charge in [-0.05, 0) is 45.2 Å². The van der Waals surface area contributed by atoms with Crippen molar-refractivity contribution in [3.63, 3.8) is 0 Å². The Labute approximate surface area is 134 Å². The van der Waals surface area contributed by atoms with Crippen molar-refractivity contribution in [2.24, 2.45) is 0 Å². The second kappa shape index (κ2) is 8.26. The smallest absolute Gasteiger partial charge is 0.238 e. The molecule has 0 saturated carbocycles. The summed E-state index contributed by atoms with van der Waals surface area (Å²) in [6.07, 6.45) is 5.77. The Morgan fingerprint density at radius 1 is 1.14 bits per heavy atom. The Balaban J connectivity index is 1.80. The van der Waals surface area contributed by atoms with E-state index in [0.717, 1.165) is 26.1 Å². The molecule has 0 aromatic carbocycles. The maximum atomic E-state index is 12.3. The van der Waals surface area contributed by atoms with E-state index in [1.54, 1.807) is 0 Å². The number of hydrogen-bond donors (Lipinski definition) is 1. The fourth-order valence-corrected chi connectivity index (χ4v) is 5.09. The molecule has 128 valence electrons. The molecule has 22 heavy (non-hydrogen) atoms. The van der Waals surface area contributed by atoms with Crippen molar-refractivity contribution in [1.82, 2.24) is 14.5 Å². The fourth-order valence-electron chi connectivity index (χ4n) is 3.35. The lowest BCUT2D eigenvalue weighted by atomic mass is 10.1. The first kappa shape index (κ1) is 17.7. The van der Waals surface area contributed by atoms with Crippen molar-refractivity contribution < 1.29 is 13.2 Å². The van der Waals surface area contributed by atoms with Crippen LogP contribution < -0.4 is 5.32 Å². The molecule has 6 nitrogen and oxygen atoms in total. The van der Waals surface area contributed by atoms with E-state index in [4.69, 9.17) is 0 Å². The molecule has 0 aliphatic carbocycles. The number of rotatable bonds is 7. The van der Waals surface area contributed by atoms with Gasteiger partial charge < -0.3 is 10.2 Å². The highest BCUT2D eigenvalue weighted by atomic mass is 32.2. The highest BCUT2D eigenvalue weighted by Crippen LogP contribution is 2.22. The van der Waals surface area contributed by atoms with Crippen LogP contribution in [0.4, 0.5) is 0 Å². The highest BCUT2D eigenvalue weighted by molar-refractivity contribution is 7.89. The number of nitrogens with zero attached hydrogens (tertiary/aromatic N) is 2. The molecule has 0 aromatic heterocycles. The highest BCUT2D eigenvalue weighted by Gasteiger charge is 2.37. The molecule has 1 atom stereocenters. The van der Waals surface area contributed by atoms with Crippen LogP contribution in [0.2, 0.25) is 0 Å². The Morgan fingerprint density at radius 2 is 1.86 bits per heavy atom. The lowest BCUT2D eigenvalue weighted by Crippen LogP contribution is -2.48. The number of likely N-dealkylation sites (tertiary alicyclic amines) is 1. The third kappa shape index (κ3) is 4.67. The average Bonchev–Trinajstić information content (AvgIpc) is 2.98. The molecule has 2 aliphatic heterocycles. The van der Waals surface area contributed by atoms with E-state index in [-0.39, 0.29) is 11.7 Å². The van der Waals surface area contributed by atoms with Gasteiger partial charge in [0.05, 0.1) is 5.75 Å². The Bertz CT molecular complexity index is 461. The molecule has 2 rings (SSSR count). The SMILES string of the molecule is CCCS(=O)(=O)N1CCCC1C(=O)NCCN1CCCCC1. The summed E-state index contributed by atoms with van der Waals surface area (Å²) in [5.74, 6) is -0.000860. The quantitative estimate of drug-likeness (QED) is 0.749. The van der Waals surface area contributed by atoms with Crippen LogP contribution in [-0.4, -0.2) is 68.0 Å². The number of sulfonamides is 1. The van der Waals surface area contributed by atoms with E-state index < -0.39 is 16.1 Å². The minimum absolute atomic E-state index is 0.130. The topological polar surface area (TPSA) is 69.7 Å². The number of hydrogen-bond acceptors (Lipinski definition) is 4. The van der Waals surface area contributed by atoms with Gasteiger partial charge in [-0.15, -0.1) is 0 Å². The van der Waals surface area contributed by atoms with Crippen LogP contribution >= 0.6 is 0 Å². The number of piperidine rings is 1. The molecule has 2 aliphatic rings. The van der Waals surface area contributed by atoms with E-state index in [1.165, 1.54) is 23.6 Å². The van der Waals surface area contributed by atoms with Gasteiger partial charge in [0.25, 0.3) is 0 Å². The van der Waals surface area contributed by atoms with Gasteiger partial charge >= 0.3 is 0 Å². The van der Waals surface area contributed by atoms with E-state index in [9.17, 15) is 13.2 Å². The van der Waals surface area contributed by atoms with Crippen LogP contribution in [0.15, 0.2) is 0 Å².